The monoisotopic (exact) mass is 570 g/mol. The van der Waals surface area contributed by atoms with Crippen LogP contribution in [0.1, 0.15) is 69.2 Å². The third-order valence-corrected chi connectivity index (χ3v) is 6.70. The van der Waals surface area contributed by atoms with Crippen LogP contribution >= 0.6 is 24.0 Å². The molecule has 184 valence electrons. The van der Waals surface area contributed by atoms with E-state index in [-0.39, 0.29) is 30.0 Å². The van der Waals surface area contributed by atoms with Crippen LogP contribution in [0.3, 0.4) is 0 Å². The SMILES string of the molecule is CCN1CCCC1CNC(=NCc1nnc(C)n1C)NC1CCc2nc(C(C)C)nn2C1.I. The van der Waals surface area contributed by atoms with E-state index in [4.69, 9.17) is 15.1 Å². The maximum Gasteiger partial charge on any atom is 0.192 e. The van der Waals surface area contributed by atoms with Crippen molar-refractivity contribution in [3.63, 3.8) is 0 Å². The van der Waals surface area contributed by atoms with Crippen molar-refractivity contribution in [2.45, 2.75) is 84.5 Å². The highest BCUT2D eigenvalue weighted by atomic mass is 127. The summed E-state index contributed by atoms with van der Waals surface area (Å²) in [5.41, 5.74) is 0. The van der Waals surface area contributed by atoms with Gasteiger partial charge in [-0.15, -0.1) is 34.2 Å². The van der Waals surface area contributed by atoms with Crippen LogP contribution in [0.4, 0.5) is 0 Å². The Kier molecular flexibility index (Phi) is 9.08. The Bertz CT molecular complexity index is 934. The number of likely N-dealkylation sites (N-methyl/N-ethyl adjacent to an activating group) is 1. The van der Waals surface area contributed by atoms with E-state index < -0.39 is 0 Å². The van der Waals surface area contributed by atoms with Gasteiger partial charge in [-0.1, -0.05) is 20.8 Å². The van der Waals surface area contributed by atoms with E-state index in [0.29, 0.717) is 18.5 Å². The molecule has 0 amide bonds. The molecule has 2 aromatic heterocycles. The molecular weight excluding hydrogens is 531 g/mol. The first-order valence-electron chi connectivity index (χ1n) is 12.0. The Balaban J connectivity index is 0.00000306. The molecule has 11 heteroatoms. The van der Waals surface area contributed by atoms with Gasteiger partial charge in [-0.05, 0) is 39.3 Å². The van der Waals surface area contributed by atoms with Crippen molar-refractivity contribution in [1.29, 1.82) is 0 Å². The summed E-state index contributed by atoms with van der Waals surface area (Å²) in [7, 11) is 1.98. The number of aryl methyl sites for hydroxylation is 2. The molecule has 2 aromatic rings. The molecule has 2 atom stereocenters. The maximum atomic E-state index is 4.87. The van der Waals surface area contributed by atoms with Gasteiger partial charge in [0.1, 0.15) is 18.2 Å². The zero-order chi connectivity index (χ0) is 22.7. The summed E-state index contributed by atoms with van der Waals surface area (Å²) in [4.78, 5) is 12.1. The van der Waals surface area contributed by atoms with Crippen molar-refractivity contribution < 1.29 is 0 Å². The Labute approximate surface area is 214 Å². The van der Waals surface area contributed by atoms with Gasteiger partial charge in [0.25, 0.3) is 0 Å². The standard InChI is InChI=1S/C22H38N10.HI/c1-6-31-11-7-8-18(31)12-23-22(24-13-20-28-27-16(4)30(20)5)25-17-9-10-19-26-21(15(2)3)29-32(19)14-17;/h15,17-18H,6-14H2,1-5H3,(H2,23,24,25);1H. The minimum Gasteiger partial charge on any atom is -0.355 e. The van der Waals surface area contributed by atoms with Gasteiger partial charge in [-0.3, -0.25) is 4.90 Å². The van der Waals surface area contributed by atoms with Crippen LogP contribution in [0, 0.1) is 6.92 Å². The Morgan fingerprint density at radius 3 is 2.76 bits per heavy atom. The molecule has 4 heterocycles. The van der Waals surface area contributed by atoms with Crippen molar-refractivity contribution in [1.82, 2.24) is 45.1 Å². The summed E-state index contributed by atoms with van der Waals surface area (Å²) in [6, 6.07) is 0.827. The number of aliphatic imine (C=N–C) groups is 1. The van der Waals surface area contributed by atoms with E-state index in [1.54, 1.807) is 0 Å². The number of likely N-dealkylation sites (tertiary alicyclic amines) is 1. The summed E-state index contributed by atoms with van der Waals surface area (Å²) in [5.74, 6) is 4.98. The third kappa shape index (κ3) is 6.23. The fourth-order valence-corrected chi connectivity index (χ4v) is 4.53. The van der Waals surface area contributed by atoms with E-state index in [1.165, 1.54) is 19.4 Å². The van der Waals surface area contributed by atoms with Gasteiger partial charge >= 0.3 is 0 Å². The lowest BCUT2D eigenvalue weighted by Crippen LogP contribution is -2.50. The molecule has 0 radical (unpaired) electrons. The second-order valence-corrected chi connectivity index (χ2v) is 9.30. The molecule has 0 aromatic carbocycles. The number of hydrogen-bond donors (Lipinski definition) is 2. The number of halogens is 1. The highest BCUT2D eigenvalue weighted by molar-refractivity contribution is 14.0. The average Bonchev–Trinajstić information content (AvgIpc) is 3.49. The fourth-order valence-electron chi connectivity index (χ4n) is 4.53. The van der Waals surface area contributed by atoms with E-state index in [0.717, 1.165) is 61.7 Å². The first kappa shape index (κ1) is 25.9. The molecule has 2 unspecified atom stereocenters. The second-order valence-electron chi connectivity index (χ2n) is 9.30. The summed E-state index contributed by atoms with van der Waals surface area (Å²) in [6.07, 6.45) is 4.46. The van der Waals surface area contributed by atoms with Crippen LogP contribution in [0.15, 0.2) is 4.99 Å². The summed E-state index contributed by atoms with van der Waals surface area (Å²) >= 11 is 0. The molecule has 33 heavy (non-hydrogen) atoms. The van der Waals surface area contributed by atoms with Gasteiger partial charge in [0, 0.05) is 38.0 Å². The normalized spacial score (nSPS) is 21.2. The lowest BCUT2D eigenvalue weighted by atomic mass is 10.1. The molecule has 1 saturated heterocycles. The van der Waals surface area contributed by atoms with E-state index >= 15 is 0 Å². The summed E-state index contributed by atoms with van der Waals surface area (Å²) in [5, 5.41) is 20.4. The number of fused-ring (bicyclic) bond motifs is 1. The number of aromatic nitrogens is 6. The van der Waals surface area contributed by atoms with Crippen molar-refractivity contribution in [2.24, 2.45) is 12.0 Å². The molecule has 1 fully saturated rings. The van der Waals surface area contributed by atoms with Gasteiger partial charge in [0.05, 0.1) is 6.54 Å². The van der Waals surface area contributed by atoms with E-state index in [9.17, 15) is 0 Å². The molecular formula is C22H39IN10. The highest BCUT2D eigenvalue weighted by Gasteiger charge is 2.25. The zero-order valence-corrected chi connectivity index (χ0v) is 22.9. The van der Waals surface area contributed by atoms with Crippen molar-refractivity contribution >= 4 is 29.9 Å². The van der Waals surface area contributed by atoms with Crippen LogP contribution in [0.2, 0.25) is 0 Å². The van der Waals surface area contributed by atoms with Crippen molar-refractivity contribution in [2.75, 3.05) is 19.6 Å². The molecule has 0 bridgehead atoms. The minimum absolute atomic E-state index is 0. The topological polar surface area (TPSA) is 101 Å². The molecule has 0 spiro atoms. The molecule has 2 aliphatic rings. The lowest BCUT2D eigenvalue weighted by Gasteiger charge is -2.27. The van der Waals surface area contributed by atoms with E-state index in [2.05, 4.69) is 51.2 Å². The fraction of sp³-hybridized carbons (Fsp3) is 0.773. The van der Waals surface area contributed by atoms with Crippen molar-refractivity contribution in [3.8, 4) is 0 Å². The Hall–Kier alpha value is -1.76. The third-order valence-electron chi connectivity index (χ3n) is 6.70. The molecule has 2 N–H and O–H groups in total. The van der Waals surface area contributed by atoms with Gasteiger partial charge in [0.2, 0.25) is 0 Å². The average molecular weight is 571 g/mol. The number of nitrogens with zero attached hydrogens (tertiary/aromatic N) is 8. The van der Waals surface area contributed by atoms with Gasteiger partial charge < -0.3 is 15.2 Å². The zero-order valence-electron chi connectivity index (χ0n) is 20.6. The Morgan fingerprint density at radius 1 is 1.24 bits per heavy atom. The molecule has 4 rings (SSSR count). The van der Waals surface area contributed by atoms with Gasteiger partial charge in [0.15, 0.2) is 17.6 Å². The van der Waals surface area contributed by atoms with Crippen molar-refractivity contribution in [3.05, 3.63) is 23.3 Å². The number of guanidine groups is 1. The molecule has 0 aliphatic carbocycles. The van der Waals surface area contributed by atoms with Crippen LogP contribution in [-0.4, -0.2) is 72.1 Å². The number of nitrogens with one attached hydrogen (secondary N) is 2. The highest BCUT2D eigenvalue weighted by Crippen LogP contribution is 2.18. The predicted octanol–water partition coefficient (Wildman–Crippen LogP) is 1.99. The van der Waals surface area contributed by atoms with Gasteiger partial charge in [-0.2, -0.15) is 5.10 Å². The minimum atomic E-state index is 0. The largest absolute Gasteiger partial charge is 0.355 e. The van der Waals surface area contributed by atoms with Crippen LogP contribution in [0.5, 0.6) is 0 Å². The molecule has 10 nitrogen and oxygen atoms in total. The lowest BCUT2D eigenvalue weighted by molar-refractivity contribution is 0.266. The van der Waals surface area contributed by atoms with Crippen LogP contribution in [-0.2, 0) is 26.6 Å². The first-order valence-corrected chi connectivity index (χ1v) is 12.0. The smallest absolute Gasteiger partial charge is 0.192 e. The molecule has 2 aliphatic heterocycles. The summed E-state index contributed by atoms with van der Waals surface area (Å²) < 4.78 is 4.06. The second kappa shape index (κ2) is 11.6. The predicted molar refractivity (Wildman–Crippen MR) is 140 cm³/mol. The summed E-state index contributed by atoms with van der Waals surface area (Å²) in [6.45, 7) is 13.0. The van der Waals surface area contributed by atoms with Crippen LogP contribution < -0.4 is 10.6 Å². The molecule has 0 saturated carbocycles. The van der Waals surface area contributed by atoms with Gasteiger partial charge in [-0.25, -0.2) is 14.7 Å². The number of rotatable bonds is 7. The Morgan fingerprint density at radius 2 is 2.06 bits per heavy atom. The van der Waals surface area contributed by atoms with E-state index in [1.807, 2.05) is 18.5 Å². The maximum absolute atomic E-state index is 4.87. The number of hydrogen-bond acceptors (Lipinski definition) is 6. The van der Waals surface area contributed by atoms with Crippen LogP contribution in [0.25, 0.3) is 0 Å². The quantitative estimate of drug-likeness (QED) is 0.299. The first-order chi connectivity index (χ1) is 15.4.